The highest BCUT2D eigenvalue weighted by molar-refractivity contribution is 5.43. The van der Waals surface area contributed by atoms with Gasteiger partial charge in [-0.25, -0.2) is 0 Å². The molecule has 2 aliphatic rings. The highest BCUT2D eigenvalue weighted by atomic mass is 14.9. The Hall–Kier alpha value is -1.24. The van der Waals surface area contributed by atoms with Crippen molar-refractivity contribution in [2.24, 2.45) is 0 Å². The van der Waals surface area contributed by atoms with Crippen LogP contribution in [0.3, 0.4) is 0 Å². The summed E-state index contributed by atoms with van der Waals surface area (Å²) in [6.45, 7) is 0.955. The van der Waals surface area contributed by atoms with E-state index >= 15 is 0 Å². The zero-order chi connectivity index (χ0) is 7.52. The van der Waals surface area contributed by atoms with Crippen molar-refractivity contribution in [1.82, 2.24) is 5.32 Å². The van der Waals surface area contributed by atoms with Crippen LogP contribution in [0.4, 0.5) is 0 Å². The number of dihydropyridines is 1. The van der Waals surface area contributed by atoms with Crippen LogP contribution in [0, 0.1) is 0 Å². The molecule has 0 atom stereocenters. The summed E-state index contributed by atoms with van der Waals surface area (Å²) < 4.78 is 0. The molecular weight excluding hydrogens is 134 g/mol. The smallest absolute Gasteiger partial charge is 0.0412 e. The van der Waals surface area contributed by atoms with Crippen LogP contribution in [0.15, 0.2) is 47.7 Å². The lowest BCUT2D eigenvalue weighted by Crippen LogP contribution is -2.15. The first kappa shape index (κ1) is 6.47. The molecule has 0 aromatic carbocycles. The van der Waals surface area contributed by atoms with Crippen molar-refractivity contribution in [3.05, 3.63) is 47.7 Å². The highest BCUT2D eigenvalue weighted by Gasteiger charge is 2.02. The van der Waals surface area contributed by atoms with Gasteiger partial charge in [0, 0.05) is 12.2 Å². The molecule has 0 spiro atoms. The average Bonchev–Trinajstić information content (AvgIpc) is 2.28. The van der Waals surface area contributed by atoms with Crippen molar-refractivity contribution in [3.63, 3.8) is 0 Å². The Morgan fingerprint density at radius 1 is 1.00 bits per heavy atom. The van der Waals surface area contributed by atoms with E-state index < -0.39 is 0 Å². The van der Waals surface area contributed by atoms with Crippen LogP contribution in [-0.4, -0.2) is 6.54 Å². The van der Waals surface area contributed by atoms with Crippen molar-refractivity contribution in [2.45, 2.75) is 6.42 Å². The topological polar surface area (TPSA) is 12.0 Å². The fourth-order valence-electron chi connectivity index (χ4n) is 1.31. The molecule has 1 aliphatic carbocycles. The van der Waals surface area contributed by atoms with E-state index in [1.807, 2.05) is 0 Å². The van der Waals surface area contributed by atoms with E-state index in [1.165, 1.54) is 11.3 Å². The minimum Gasteiger partial charge on any atom is -0.381 e. The molecule has 0 amide bonds. The van der Waals surface area contributed by atoms with Gasteiger partial charge in [-0.1, -0.05) is 30.4 Å². The minimum atomic E-state index is 0.955. The van der Waals surface area contributed by atoms with Crippen molar-refractivity contribution in [3.8, 4) is 0 Å². The summed E-state index contributed by atoms with van der Waals surface area (Å²) in [5.74, 6) is 0. The minimum absolute atomic E-state index is 0.955. The summed E-state index contributed by atoms with van der Waals surface area (Å²) in [7, 11) is 0. The van der Waals surface area contributed by atoms with Gasteiger partial charge >= 0.3 is 0 Å². The van der Waals surface area contributed by atoms with Crippen molar-refractivity contribution in [1.29, 1.82) is 0 Å². The lowest BCUT2D eigenvalue weighted by Gasteiger charge is -2.11. The second-order valence-electron chi connectivity index (χ2n) is 2.69. The van der Waals surface area contributed by atoms with Crippen LogP contribution in [0.2, 0.25) is 0 Å². The molecule has 0 aromatic heterocycles. The van der Waals surface area contributed by atoms with E-state index in [4.69, 9.17) is 0 Å². The maximum atomic E-state index is 3.32. The summed E-state index contributed by atoms with van der Waals surface area (Å²) in [6.07, 6.45) is 14.0. The Kier molecular flexibility index (Phi) is 1.64. The molecule has 0 fully saturated rings. The predicted molar refractivity (Wildman–Crippen MR) is 47.1 cm³/mol. The van der Waals surface area contributed by atoms with E-state index in [1.54, 1.807) is 0 Å². The van der Waals surface area contributed by atoms with Crippen molar-refractivity contribution in [2.75, 3.05) is 6.54 Å². The van der Waals surface area contributed by atoms with Crippen LogP contribution < -0.4 is 5.32 Å². The lowest BCUT2D eigenvalue weighted by molar-refractivity contribution is 0.911. The number of hydrogen-bond acceptors (Lipinski definition) is 1. The van der Waals surface area contributed by atoms with E-state index in [9.17, 15) is 0 Å². The monoisotopic (exact) mass is 145 g/mol. The summed E-state index contributed by atoms with van der Waals surface area (Å²) in [6, 6.07) is 0. The van der Waals surface area contributed by atoms with Gasteiger partial charge in [0.25, 0.3) is 0 Å². The summed E-state index contributed by atoms with van der Waals surface area (Å²) >= 11 is 0. The van der Waals surface area contributed by atoms with E-state index in [2.05, 4.69) is 41.8 Å². The van der Waals surface area contributed by atoms with Gasteiger partial charge in [0.2, 0.25) is 0 Å². The van der Waals surface area contributed by atoms with Gasteiger partial charge in [0.05, 0.1) is 0 Å². The number of hydrogen-bond donors (Lipinski definition) is 1. The van der Waals surface area contributed by atoms with Crippen LogP contribution in [0.5, 0.6) is 0 Å². The Bertz CT molecular complexity index is 267. The molecule has 1 aliphatic heterocycles. The highest BCUT2D eigenvalue weighted by Crippen LogP contribution is 2.14. The molecule has 0 radical (unpaired) electrons. The first-order chi connectivity index (χ1) is 5.47. The SMILES string of the molecule is C1=CC2=C(C=CC1)NCC=C2. The normalized spacial score (nSPS) is 21.1. The standard InChI is InChI=1S/C10H11N/c1-2-5-9-6-4-8-11-10(9)7-3-1/h2-7,11H,1,8H2. The van der Waals surface area contributed by atoms with Crippen LogP contribution in [-0.2, 0) is 0 Å². The average molecular weight is 145 g/mol. The molecule has 11 heavy (non-hydrogen) atoms. The third-order valence-corrected chi connectivity index (χ3v) is 1.87. The molecule has 2 rings (SSSR count). The van der Waals surface area contributed by atoms with E-state index in [-0.39, 0.29) is 0 Å². The Morgan fingerprint density at radius 3 is 2.82 bits per heavy atom. The molecule has 1 heterocycles. The third kappa shape index (κ3) is 1.27. The zero-order valence-electron chi connectivity index (χ0n) is 6.38. The quantitative estimate of drug-likeness (QED) is 0.549. The summed E-state index contributed by atoms with van der Waals surface area (Å²) in [5, 5.41) is 3.32. The van der Waals surface area contributed by atoms with Crippen LogP contribution >= 0.6 is 0 Å². The van der Waals surface area contributed by atoms with Gasteiger partial charge in [-0.3, -0.25) is 0 Å². The molecule has 56 valence electrons. The lowest BCUT2D eigenvalue weighted by atomic mass is 10.1. The van der Waals surface area contributed by atoms with Crippen LogP contribution in [0.1, 0.15) is 6.42 Å². The largest absolute Gasteiger partial charge is 0.381 e. The number of nitrogens with one attached hydrogen (secondary N) is 1. The zero-order valence-corrected chi connectivity index (χ0v) is 6.38. The fourth-order valence-corrected chi connectivity index (χ4v) is 1.31. The second-order valence-corrected chi connectivity index (χ2v) is 2.69. The molecule has 0 unspecified atom stereocenters. The maximum absolute atomic E-state index is 3.32. The van der Waals surface area contributed by atoms with Crippen molar-refractivity contribution >= 4 is 0 Å². The van der Waals surface area contributed by atoms with Gasteiger partial charge in [0.15, 0.2) is 0 Å². The van der Waals surface area contributed by atoms with Gasteiger partial charge < -0.3 is 5.32 Å². The molecular formula is C10H11N. The van der Waals surface area contributed by atoms with Crippen LogP contribution in [0.25, 0.3) is 0 Å². The Labute approximate surface area is 66.8 Å². The van der Waals surface area contributed by atoms with Gasteiger partial charge in [0.1, 0.15) is 0 Å². The first-order valence-corrected chi connectivity index (χ1v) is 3.94. The molecule has 0 saturated heterocycles. The molecule has 1 N–H and O–H groups in total. The Balaban J connectivity index is 2.39. The number of rotatable bonds is 0. The van der Waals surface area contributed by atoms with E-state index in [0.29, 0.717) is 0 Å². The predicted octanol–water partition coefficient (Wildman–Crippen LogP) is 1.92. The first-order valence-electron chi connectivity index (χ1n) is 3.94. The molecule has 0 saturated carbocycles. The molecule has 0 aromatic rings. The van der Waals surface area contributed by atoms with Gasteiger partial charge in [-0.2, -0.15) is 0 Å². The van der Waals surface area contributed by atoms with Gasteiger partial charge in [-0.05, 0) is 18.1 Å². The summed E-state index contributed by atoms with van der Waals surface area (Å²) in [5.41, 5.74) is 2.55. The van der Waals surface area contributed by atoms with E-state index in [0.717, 1.165) is 13.0 Å². The second kappa shape index (κ2) is 2.79. The maximum Gasteiger partial charge on any atom is 0.0412 e. The Morgan fingerprint density at radius 2 is 1.82 bits per heavy atom. The van der Waals surface area contributed by atoms with Gasteiger partial charge in [-0.15, -0.1) is 0 Å². The molecule has 1 heteroatoms. The molecule has 0 bridgehead atoms. The summed E-state index contributed by atoms with van der Waals surface area (Å²) in [4.78, 5) is 0. The number of allylic oxidation sites excluding steroid dienone is 6. The van der Waals surface area contributed by atoms with Crippen molar-refractivity contribution < 1.29 is 0 Å². The third-order valence-electron chi connectivity index (χ3n) is 1.87. The molecule has 1 nitrogen and oxygen atoms in total. The fraction of sp³-hybridized carbons (Fsp3) is 0.200.